The van der Waals surface area contributed by atoms with E-state index in [1.807, 2.05) is 25.2 Å². The first kappa shape index (κ1) is 14.9. The van der Waals surface area contributed by atoms with Crippen molar-refractivity contribution in [3.05, 3.63) is 35.6 Å². The second-order valence-corrected chi connectivity index (χ2v) is 6.21. The molecule has 0 aromatic heterocycles. The van der Waals surface area contributed by atoms with Crippen molar-refractivity contribution in [3.63, 3.8) is 0 Å². The molecule has 4 nitrogen and oxygen atoms in total. The third-order valence-electron chi connectivity index (χ3n) is 4.68. The Morgan fingerprint density at radius 3 is 2.77 bits per heavy atom. The van der Waals surface area contributed by atoms with Crippen LogP contribution in [0.5, 0.6) is 0 Å². The number of nitrogens with zero attached hydrogens (tertiary/aromatic N) is 1. The Kier molecular flexibility index (Phi) is 4.36. The molecule has 0 saturated heterocycles. The number of carbonyl (C=O) groups is 2. The van der Waals surface area contributed by atoms with Crippen molar-refractivity contribution < 1.29 is 9.59 Å². The van der Waals surface area contributed by atoms with E-state index in [2.05, 4.69) is 10.3 Å². The molecule has 3 rings (SSSR count). The van der Waals surface area contributed by atoms with Crippen molar-refractivity contribution in [2.75, 3.05) is 0 Å². The van der Waals surface area contributed by atoms with Crippen LogP contribution in [0.1, 0.15) is 45.4 Å². The van der Waals surface area contributed by atoms with Gasteiger partial charge in [0.2, 0.25) is 11.8 Å². The molecule has 2 aliphatic carbocycles. The summed E-state index contributed by atoms with van der Waals surface area (Å²) in [6, 6.07) is 0. The van der Waals surface area contributed by atoms with Crippen LogP contribution in [0.15, 0.2) is 40.6 Å². The first-order valence-electron chi connectivity index (χ1n) is 8.21. The zero-order valence-electron chi connectivity index (χ0n) is 13.0. The highest BCUT2D eigenvalue weighted by Gasteiger charge is 2.26. The van der Waals surface area contributed by atoms with Crippen LogP contribution in [0.3, 0.4) is 0 Å². The monoisotopic (exact) mass is 298 g/mol. The number of carbonyl (C=O) groups excluding carboxylic acids is 2. The van der Waals surface area contributed by atoms with Crippen LogP contribution in [0.25, 0.3) is 0 Å². The van der Waals surface area contributed by atoms with E-state index < -0.39 is 0 Å². The van der Waals surface area contributed by atoms with Gasteiger partial charge in [0.25, 0.3) is 0 Å². The van der Waals surface area contributed by atoms with Crippen molar-refractivity contribution in [1.82, 2.24) is 5.32 Å². The number of hydrogen-bond donors (Lipinski definition) is 1. The van der Waals surface area contributed by atoms with Crippen molar-refractivity contribution >= 4 is 17.5 Å². The molecule has 22 heavy (non-hydrogen) atoms. The second kappa shape index (κ2) is 6.42. The zero-order valence-corrected chi connectivity index (χ0v) is 13.0. The third kappa shape index (κ3) is 3.11. The molecule has 0 aromatic rings. The highest BCUT2D eigenvalue weighted by Crippen LogP contribution is 2.29. The van der Waals surface area contributed by atoms with Gasteiger partial charge >= 0.3 is 0 Å². The van der Waals surface area contributed by atoms with Crippen LogP contribution >= 0.6 is 0 Å². The minimum absolute atomic E-state index is 0.0111. The van der Waals surface area contributed by atoms with Crippen LogP contribution in [0.2, 0.25) is 0 Å². The highest BCUT2D eigenvalue weighted by atomic mass is 16.2. The summed E-state index contributed by atoms with van der Waals surface area (Å²) in [5.41, 5.74) is 2.59. The van der Waals surface area contributed by atoms with Gasteiger partial charge in [0.15, 0.2) is 0 Å². The molecule has 1 saturated carbocycles. The van der Waals surface area contributed by atoms with Crippen LogP contribution in [-0.2, 0) is 9.59 Å². The lowest BCUT2D eigenvalue weighted by Gasteiger charge is -2.27. The van der Waals surface area contributed by atoms with Crippen LogP contribution < -0.4 is 5.32 Å². The van der Waals surface area contributed by atoms with E-state index in [-0.39, 0.29) is 23.7 Å². The fourth-order valence-corrected chi connectivity index (χ4v) is 3.43. The Morgan fingerprint density at radius 1 is 1.27 bits per heavy atom. The summed E-state index contributed by atoms with van der Waals surface area (Å²) in [5, 5.41) is 2.87. The molecule has 4 heteroatoms. The van der Waals surface area contributed by atoms with Gasteiger partial charge < -0.3 is 5.32 Å². The van der Waals surface area contributed by atoms with Crippen LogP contribution in [-0.4, -0.2) is 17.5 Å². The summed E-state index contributed by atoms with van der Waals surface area (Å²) in [7, 11) is 0. The normalized spacial score (nSPS) is 27.0. The molecule has 3 aliphatic rings. The number of hydrogen-bond acceptors (Lipinski definition) is 2. The van der Waals surface area contributed by atoms with Crippen molar-refractivity contribution in [2.24, 2.45) is 16.8 Å². The number of amides is 2. The molecular weight excluding hydrogens is 276 g/mol. The average Bonchev–Trinajstić information content (AvgIpc) is 2.54. The van der Waals surface area contributed by atoms with E-state index in [1.54, 1.807) is 6.08 Å². The van der Waals surface area contributed by atoms with Crippen molar-refractivity contribution in [2.45, 2.75) is 45.4 Å². The summed E-state index contributed by atoms with van der Waals surface area (Å²) in [6.07, 6.45) is 13.7. The topological polar surface area (TPSA) is 58.5 Å². The first-order valence-corrected chi connectivity index (χ1v) is 8.21. The van der Waals surface area contributed by atoms with E-state index in [0.29, 0.717) is 5.71 Å². The zero-order chi connectivity index (χ0) is 15.5. The summed E-state index contributed by atoms with van der Waals surface area (Å²) >= 11 is 0. The molecule has 0 aromatic carbocycles. The Labute approximate surface area is 131 Å². The minimum atomic E-state index is -0.0902. The number of rotatable bonds is 2. The molecule has 2 amide bonds. The van der Waals surface area contributed by atoms with Gasteiger partial charge in [-0.2, -0.15) is 0 Å². The molecule has 1 atom stereocenters. The highest BCUT2D eigenvalue weighted by molar-refractivity contribution is 6.11. The molecule has 0 radical (unpaired) electrons. The predicted octanol–water partition coefficient (Wildman–Crippen LogP) is 3.07. The van der Waals surface area contributed by atoms with Gasteiger partial charge in [0, 0.05) is 23.6 Å². The molecule has 1 fully saturated rings. The maximum absolute atomic E-state index is 12.3. The van der Waals surface area contributed by atoms with Gasteiger partial charge in [0.05, 0.1) is 5.71 Å². The minimum Gasteiger partial charge on any atom is -0.325 e. The molecule has 0 bridgehead atoms. The van der Waals surface area contributed by atoms with Gasteiger partial charge in [-0.1, -0.05) is 37.8 Å². The largest absolute Gasteiger partial charge is 0.325 e. The SMILES string of the molecule is CCC1=CC(=O)NC2=CC(=NC(=O)C3CCCCC3)C=CC12. The summed E-state index contributed by atoms with van der Waals surface area (Å²) in [6.45, 7) is 2.05. The van der Waals surface area contributed by atoms with E-state index in [9.17, 15) is 9.59 Å². The van der Waals surface area contributed by atoms with Gasteiger partial charge in [-0.15, -0.1) is 0 Å². The third-order valence-corrected chi connectivity index (χ3v) is 4.68. The number of fused-ring (bicyclic) bond motifs is 1. The molecule has 1 heterocycles. The predicted molar refractivity (Wildman–Crippen MR) is 86.2 cm³/mol. The molecule has 0 spiro atoms. The molecule has 1 unspecified atom stereocenters. The Bertz CT molecular complexity index is 605. The number of aliphatic imine (C=N–C) groups is 1. The standard InChI is InChI=1S/C18H22N2O2/c1-2-12-10-17(21)20-16-11-14(8-9-15(12)16)19-18(22)13-6-4-3-5-7-13/h8-11,13,15H,2-7H2,1H3,(H,20,21). The van der Waals surface area contributed by atoms with Crippen molar-refractivity contribution in [1.29, 1.82) is 0 Å². The smallest absolute Gasteiger partial charge is 0.249 e. The molecule has 116 valence electrons. The molecule has 1 N–H and O–H groups in total. The lowest BCUT2D eigenvalue weighted by Crippen LogP contribution is -2.33. The second-order valence-electron chi connectivity index (χ2n) is 6.21. The van der Waals surface area contributed by atoms with E-state index in [4.69, 9.17) is 0 Å². The lowest BCUT2D eigenvalue weighted by molar-refractivity contribution is -0.122. The molecule has 1 aliphatic heterocycles. The fourth-order valence-electron chi connectivity index (χ4n) is 3.43. The first-order chi connectivity index (χ1) is 10.7. The Balaban J connectivity index is 1.78. The maximum atomic E-state index is 12.3. The lowest BCUT2D eigenvalue weighted by atomic mass is 9.86. The number of nitrogens with one attached hydrogen (secondary N) is 1. The van der Waals surface area contributed by atoms with E-state index in [1.165, 1.54) is 6.42 Å². The van der Waals surface area contributed by atoms with E-state index in [0.717, 1.165) is 43.4 Å². The van der Waals surface area contributed by atoms with Crippen molar-refractivity contribution in [3.8, 4) is 0 Å². The van der Waals surface area contributed by atoms with Crippen LogP contribution in [0.4, 0.5) is 0 Å². The average molecular weight is 298 g/mol. The van der Waals surface area contributed by atoms with Gasteiger partial charge in [0.1, 0.15) is 0 Å². The Morgan fingerprint density at radius 2 is 2.05 bits per heavy atom. The molecular formula is C18H22N2O2. The maximum Gasteiger partial charge on any atom is 0.249 e. The summed E-state index contributed by atoms with van der Waals surface area (Å²) < 4.78 is 0. The Hall–Kier alpha value is -1.97. The summed E-state index contributed by atoms with van der Waals surface area (Å²) in [5.74, 6) is 0.0971. The van der Waals surface area contributed by atoms with Gasteiger partial charge in [-0.25, -0.2) is 4.99 Å². The van der Waals surface area contributed by atoms with Gasteiger partial charge in [-0.05, 0) is 31.4 Å². The van der Waals surface area contributed by atoms with Crippen LogP contribution in [0, 0.1) is 11.8 Å². The van der Waals surface area contributed by atoms with Gasteiger partial charge in [-0.3, -0.25) is 9.59 Å². The summed E-state index contributed by atoms with van der Waals surface area (Å²) in [4.78, 5) is 28.2. The number of allylic oxidation sites excluding steroid dienone is 3. The quantitative estimate of drug-likeness (QED) is 0.851. The fraction of sp³-hybridized carbons (Fsp3) is 0.500. The van der Waals surface area contributed by atoms with E-state index >= 15 is 0 Å².